The third-order valence-electron chi connectivity index (χ3n) is 2.60. The van der Waals surface area contributed by atoms with Crippen molar-refractivity contribution in [1.29, 1.82) is 0 Å². The molecule has 19 heavy (non-hydrogen) atoms. The Morgan fingerprint density at radius 2 is 2.21 bits per heavy atom. The van der Waals surface area contributed by atoms with Gasteiger partial charge in [-0.15, -0.1) is 17.8 Å². The molecule has 1 aromatic heterocycles. The minimum atomic E-state index is -3.44. The third kappa shape index (κ3) is 4.32. The molecule has 6 heteroatoms. The van der Waals surface area contributed by atoms with E-state index in [1.807, 2.05) is 5.38 Å². The quantitative estimate of drug-likeness (QED) is 0.589. The van der Waals surface area contributed by atoms with E-state index in [4.69, 9.17) is 6.42 Å². The number of hydrogen-bond donors (Lipinski definition) is 1. The second-order valence-electron chi connectivity index (χ2n) is 4.09. The maximum Gasteiger partial charge on any atom is 0.253 e. The van der Waals surface area contributed by atoms with Gasteiger partial charge < -0.3 is 5.32 Å². The van der Waals surface area contributed by atoms with Crippen LogP contribution in [0.5, 0.6) is 0 Å². The zero-order chi connectivity index (χ0) is 14.3. The Bertz CT molecular complexity index is 529. The van der Waals surface area contributed by atoms with E-state index in [1.165, 1.54) is 15.6 Å². The van der Waals surface area contributed by atoms with Crippen molar-refractivity contribution < 1.29 is 8.42 Å². The second kappa shape index (κ2) is 7.65. The highest BCUT2D eigenvalue weighted by Gasteiger charge is 2.23. The van der Waals surface area contributed by atoms with E-state index in [1.54, 1.807) is 13.0 Å². The highest BCUT2D eigenvalue weighted by atomic mass is 32.2. The summed E-state index contributed by atoms with van der Waals surface area (Å²) in [6, 6.07) is 1.72. The van der Waals surface area contributed by atoms with Crippen molar-refractivity contribution >= 4 is 21.4 Å². The molecule has 0 amide bonds. The summed E-state index contributed by atoms with van der Waals surface area (Å²) in [6.45, 7) is 5.99. The molecule has 1 rings (SSSR count). The van der Waals surface area contributed by atoms with E-state index in [-0.39, 0.29) is 6.54 Å². The van der Waals surface area contributed by atoms with Crippen LogP contribution in [0.3, 0.4) is 0 Å². The number of hydrogen-bond acceptors (Lipinski definition) is 4. The van der Waals surface area contributed by atoms with Crippen molar-refractivity contribution in [2.45, 2.75) is 31.0 Å². The molecule has 0 spiro atoms. The molecule has 0 aromatic carbocycles. The molecule has 1 N–H and O–H groups in total. The van der Waals surface area contributed by atoms with Gasteiger partial charge in [-0.3, -0.25) is 0 Å². The van der Waals surface area contributed by atoms with Crippen molar-refractivity contribution in [2.24, 2.45) is 0 Å². The van der Waals surface area contributed by atoms with E-state index in [9.17, 15) is 8.42 Å². The summed E-state index contributed by atoms with van der Waals surface area (Å²) in [4.78, 5) is 0. The Hall–Kier alpha value is -0.870. The summed E-state index contributed by atoms with van der Waals surface area (Å²) < 4.78 is 26.3. The Balaban J connectivity index is 2.82. The van der Waals surface area contributed by atoms with Gasteiger partial charge in [0, 0.05) is 13.1 Å². The summed E-state index contributed by atoms with van der Waals surface area (Å²) in [6.07, 6.45) is 6.26. The molecule has 1 heterocycles. The van der Waals surface area contributed by atoms with Gasteiger partial charge in [-0.05, 0) is 30.0 Å². The Kier molecular flexibility index (Phi) is 6.52. The number of nitrogens with one attached hydrogen (secondary N) is 1. The van der Waals surface area contributed by atoms with Gasteiger partial charge in [0.2, 0.25) is 0 Å². The molecule has 0 aliphatic heterocycles. The van der Waals surface area contributed by atoms with Crippen LogP contribution >= 0.6 is 11.3 Å². The van der Waals surface area contributed by atoms with E-state index < -0.39 is 10.0 Å². The average Bonchev–Trinajstić information content (AvgIpc) is 2.85. The lowest BCUT2D eigenvalue weighted by atomic mass is 10.3. The van der Waals surface area contributed by atoms with Gasteiger partial charge in [0.05, 0.1) is 6.54 Å². The summed E-state index contributed by atoms with van der Waals surface area (Å²) in [5.41, 5.74) is 0.994. The van der Waals surface area contributed by atoms with Crippen LogP contribution in [0.1, 0.15) is 25.8 Å². The molecule has 0 bridgehead atoms. The highest BCUT2D eigenvalue weighted by molar-refractivity contribution is 7.91. The molecule has 0 atom stereocenters. The first-order chi connectivity index (χ1) is 9.06. The van der Waals surface area contributed by atoms with E-state index >= 15 is 0 Å². The van der Waals surface area contributed by atoms with Crippen LogP contribution in [0.15, 0.2) is 15.7 Å². The maximum atomic E-state index is 12.3. The molecular weight excluding hydrogens is 280 g/mol. The maximum absolute atomic E-state index is 12.3. The van der Waals surface area contributed by atoms with Gasteiger partial charge >= 0.3 is 0 Å². The zero-order valence-corrected chi connectivity index (χ0v) is 13.0. The van der Waals surface area contributed by atoms with Crippen molar-refractivity contribution in [3.63, 3.8) is 0 Å². The topological polar surface area (TPSA) is 49.4 Å². The van der Waals surface area contributed by atoms with Crippen LogP contribution in [0, 0.1) is 12.3 Å². The van der Waals surface area contributed by atoms with Crippen LogP contribution in [0.2, 0.25) is 0 Å². The predicted octanol–water partition coefficient (Wildman–Crippen LogP) is 1.89. The molecule has 0 aliphatic rings. The van der Waals surface area contributed by atoms with E-state index in [2.05, 4.69) is 18.2 Å². The fourth-order valence-electron chi connectivity index (χ4n) is 1.59. The Labute approximate surface area is 119 Å². The Morgan fingerprint density at radius 3 is 2.79 bits per heavy atom. The third-order valence-corrected chi connectivity index (χ3v) is 5.98. The standard InChI is InChI=1S/C13H20N2O2S2/c1-4-7-14-10-12-9-13(18-11-12)19(16,17)15(6-3)8-5-2/h2,9,11,14H,4,6-8,10H2,1,3H3. The number of nitrogens with zero attached hydrogens (tertiary/aromatic N) is 1. The molecule has 0 fully saturated rings. The molecule has 0 aliphatic carbocycles. The molecular formula is C13H20N2O2S2. The monoisotopic (exact) mass is 300 g/mol. The molecule has 4 nitrogen and oxygen atoms in total. The first kappa shape index (κ1) is 16.2. The first-order valence-corrected chi connectivity index (χ1v) is 8.60. The lowest BCUT2D eigenvalue weighted by Gasteiger charge is -2.16. The predicted molar refractivity (Wildman–Crippen MR) is 79.6 cm³/mol. The highest BCUT2D eigenvalue weighted by Crippen LogP contribution is 2.23. The number of sulfonamides is 1. The molecule has 0 saturated carbocycles. The van der Waals surface area contributed by atoms with Crippen LogP contribution in [-0.4, -0.2) is 32.4 Å². The first-order valence-electron chi connectivity index (χ1n) is 6.28. The fraction of sp³-hybridized carbons (Fsp3) is 0.538. The fourth-order valence-corrected chi connectivity index (χ4v) is 4.31. The smallest absolute Gasteiger partial charge is 0.253 e. The largest absolute Gasteiger partial charge is 0.313 e. The SMILES string of the molecule is C#CCN(CC)S(=O)(=O)c1cc(CNCCC)cs1. The average molecular weight is 300 g/mol. The molecule has 1 aromatic rings. The summed E-state index contributed by atoms with van der Waals surface area (Å²) >= 11 is 1.25. The van der Waals surface area contributed by atoms with Gasteiger partial charge in [0.1, 0.15) is 4.21 Å². The minimum absolute atomic E-state index is 0.111. The van der Waals surface area contributed by atoms with Crippen molar-refractivity contribution in [3.8, 4) is 12.3 Å². The number of terminal acetylenes is 1. The van der Waals surface area contributed by atoms with Crippen LogP contribution in [0.4, 0.5) is 0 Å². The summed E-state index contributed by atoms with van der Waals surface area (Å²) in [7, 11) is -3.44. The zero-order valence-electron chi connectivity index (χ0n) is 11.3. The molecule has 106 valence electrons. The van der Waals surface area contributed by atoms with Crippen molar-refractivity contribution in [1.82, 2.24) is 9.62 Å². The van der Waals surface area contributed by atoms with Crippen LogP contribution < -0.4 is 5.32 Å². The van der Waals surface area contributed by atoms with Crippen molar-refractivity contribution in [2.75, 3.05) is 19.6 Å². The minimum Gasteiger partial charge on any atom is -0.313 e. The van der Waals surface area contributed by atoms with Crippen LogP contribution in [-0.2, 0) is 16.6 Å². The van der Waals surface area contributed by atoms with Gasteiger partial charge in [-0.1, -0.05) is 19.8 Å². The van der Waals surface area contributed by atoms with Gasteiger partial charge in [0.15, 0.2) is 0 Å². The van der Waals surface area contributed by atoms with Gasteiger partial charge in [0.25, 0.3) is 10.0 Å². The van der Waals surface area contributed by atoms with Crippen molar-refractivity contribution in [3.05, 3.63) is 17.0 Å². The molecule has 0 radical (unpaired) electrons. The van der Waals surface area contributed by atoms with Gasteiger partial charge in [-0.2, -0.15) is 4.31 Å². The second-order valence-corrected chi connectivity index (χ2v) is 7.16. The lowest BCUT2D eigenvalue weighted by Crippen LogP contribution is -2.30. The normalized spacial score (nSPS) is 11.7. The van der Waals surface area contributed by atoms with Gasteiger partial charge in [-0.25, -0.2) is 8.42 Å². The number of rotatable bonds is 8. The summed E-state index contributed by atoms with van der Waals surface area (Å²) in [5, 5.41) is 5.12. The lowest BCUT2D eigenvalue weighted by molar-refractivity contribution is 0.466. The summed E-state index contributed by atoms with van der Waals surface area (Å²) in [5.74, 6) is 2.38. The Morgan fingerprint density at radius 1 is 1.47 bits per heavy atom. The van der Waals surface area contributed by atoms with E-state index in [0.29, 0.717) is 17.3 Å². The molecule has 0 saturated heterocycles. The molecule has 0 unspecified atom stereocenters. The van der Waals surface area contributed by atoms with E-state index in [0.717, 1.165) is 18.5 Å². The number of thiophene rings is 1. The van der Waals surface area contributed by atoms with Crippen LogP contribution in [0.25, 0.3) is 0 Å².